The van der Waals surface area contributed by atoms with Gasteiger partial charge in [-0.25, -0.2) is 0 Å². The second-order valence-electron chi connectivity index (χ2n) is 18.9. The fourth-order valence-corrected chi connectivity index (χ4v) is 11.2. The predicted octanol–water partition coefficient (Wildman–Crippen LogP) is 19.2. The van der Waals surface area contributed by atoms with E-state index >= 15 is 0 Å². The predicted molar refractivity (Wildman–Crippen MR) is 309 cm³/mol. The molecule has 12 aromatic carbocycles. The lowest BCUT2D eigenvalue weighted by molar-refractivity contribution is 1.18. The van der Waals surface area contributed by atoms with Crippen LogP contribution in [0.4, 0.5) is 17.1 Å². The molecule has 0 saturated heterocycles. The van der Waals surface area contributed by atoms with Crippen molar-refractivity contribution in [2.75, 3.05) is 4.90 Å². The van der Waals surface area contributed by atoms with Gasteiger partial charge in [0.1, 0.15) is 0 Å². The molecule has 0 aliphatic heterocycles. The zero-order valence-corrected chi connectivity index (χ0v) is 40.0. The van der Waals surface area contributed by atoms with Gasteiger partial charge >= 0.3 is 0 Å². The highest BCUT2D eigenvalue weighted by atomic mass is 15.1. The molecule has 0 aliphatic carbocycles. The van der Waals surface area contributed by atoms with Crippen LogP contribution in [0.25, 0.3) is 110 Å². The van der Waals surface area contributed by atoms with Crippen molar-refractivity contribution in [3.8, 4) is 55.9 Å². The minimum Gasteiger partial charge on any atom is -0.311 e. The summed E-state index contributed by atoms with van der Waals surface area (Å²) in [7, 11) is 0. The zero-order chi connectivity index (χ0) is 48.2. The van der Waals surface area contributed by atoms with Gasteiger partial charge in [-0.15, -0.1) is 0 Å². The van der Waals surface area contributed by atoms with Gasteiger partial charge in [0.15, 0.2) is 0 Å². The molecule has 0 bridgehead atoms. The van der Waals surface area contributed by atoms with Crippen molar-refractivity contribution in [1.82, 2.24) is 9.13 Å². The molecule has 14 aromatic rings. The summed E-state index contributed by atoms with van der Waals surface area (Å²) in [5.41, 5.74) is 19.9. The summed E-state index contributed by atoms with van der Waals surface area (Å²) in [6.07, 6.45) is 0. The quantitative estimate of drug-likeness (QED) is 0.141. The fourth-order valence-electron chi connectivity index (χ4n) is 11.2. The van der Waals surface area contributed by atoms with Crippen LogP contribution in [0.5, 0.6) is 0 Å². The monoisotopic (exact) mass is 929 g/mol. The minimum absolute atomic E-state index is 1.09. The fraction of sp³-hybridized carbons (Fsp3) is 0. The van der Waals surface area contributed by atoms with Crippen molar-refractivity contribution in [2.24, 2.45) is 0 Å². The van der Waals surface area contributed by atoms with E-state index in [0.717, 1.165) is 22.7 Å². The Balaban J connectivity index is 0.803. The van der Waals surface area contributed by atoms with Crippen LogP contribution in [0, 0.1) is 0 Å². The number of benzene rings is 12. The van der Waals surface area contributed by atoms with Crippen LogP contribution in [0.1, 0.15) is 0 Å². The number of rotatable bonds is 9. The highest BCUT2D eigenvalue weighted by Gasteiger charge is 2.18. The number of para-hydroxylation sites is 4. The van der Waals surface area contributed by atoms with Gasteiger partial charge in [0.2, 0.25) is 0 Å². The second-order valence-corrected chi connectivity index (χ2v) is 18.9. The number of aromatic nitrogens is 2. The van der Waals surface area contributed by atoms with E-state index in [2.05, 4.69) is 299 Å². The third-order valence-electron chi connectivity index (χ3n) is 14.7. The minimum atomic E-state index is 1.09. The Kier molecular flexibility index (Phi) is 10.2. The molecule has 0 amide bonds. The van der Waals surface area contributed by atoms with E-state index in [1.165, 1.54) is 105 Å². The molecule has 73 heavy (non-hydrogen) atoms. The maximum atomic E-state index is 2.39. The molecular weight excluding hydrogens is 883 g/mol. The van der Waals surface area contributed by atoms with Crippen molar-refractivity contribution in [2.45, 2.75) is 0 Å². The normalized spacial score (nSPS) is 11.6. The molecule has 0 unspecified atom stereocenters. The molecule has 0 atom stereocenters. The molecule has 0 N–H and O–H groups in total. The summed E-state index contributed by atoms with van der Waals surface area (Å²) < 4.78 is 4.75. The Hall–Kier alpha value is -9.70. The summed E-state index contributed by atoms with van der Waals surface area (Å²) in [6.45, 7) is 0. The third kappa shape index (κ3) is 7.37. The second kappa shape index (κ2) is 17.6. The topological polar surface area (TPSA) is 13.1 Å². The summed E-state index contributed by atoms with van der Waals surface area (Å²) >= 11 is 0. The summed E-state index contributed by atoms with van der Waals surface area (Å²) in [4.78, 5) is 2.37. The van der Waals surface area contributed by atoms with Gasteiger partial charge in [-0.2, -0.15) is 0 Å². The van der Waals surface area contributed by atoms with E-state index in [1.54, 1.807) is 0 Å². The van der Waals surface area contributed by atoms with Gasteiger partial charge in [0.25, 0.3) is 0 Å². The average molecular weight is 930 g/mol. The zero-order valence-electron chi connectivity index (χ0n) is 40.0. The van der Waals surface area contributed by atoms with Gasteiger partial charge in [-0.3, -0.25) is 0 Å². The van der Waals surface area contributed by atoms with Crippen LogP contribution < -0.4 is 4.90 Å². The maximum Gasteiger partial charge on any atom is 0.0547 e. The van der Waals surface area contributed by atoms with E-state index in [4.69, 9.17) is 0 Å². The van der Waals surface area contributed by atoms with E-state index in [0.29, 0.717) is 0 Å². The van der Waals surface area contributed by atoms with Gasteiger partial charge in [0.05, 0.1) is 22.1 Å². The van der Waals surface area contributed by atoms with Gasteiger partial charge in [-0.05, 0) is 146 Å². The first-order valence-electron chi connectivity index (χ1n) is 25.1. The van der Waals surface area contributed by atoms with Crippen LogP contribution >= 0.6 is 0 Å². The molecule has 0 saturated carbocycles. The number of fused-ring (bicyclic) bond motifs is 7. The van der Waals surface area contributed by atoms with Crippen molar-refractivity contribution >= 4 is 71.4 Å². The smallest absolute Gasteiger partial charge is 0.0547 e. The molecule has 0 aliphatic rings. The molecule has 342 valence electrons. The molecule has 3 heteroatoms. The maximum absolute atomic E-state index is 2.39. The van der Waals surface area contributed by atoms with Crippen molar-refractivity contribution in [1.29, 1.82) is 0 Å². The Bertz CT molecular complexity index is 4310. The Morgan fingerprint density at radius 3 is 1.19 bits per heavy atom. The van der Waals surface area contributed by atoms with E-state index < -0.39 is 0 Å². The van der Waals surface area contributed by atoms with E-state index in [1.807, 2.05) is 0 Å². The Morgan fingerprint density at radius 2 is 0.603 bits per heavy atom. The van der Waals surface area contributed by atoms with Crippen LogP contribution in [-0.4, -0.2) is 9.13 Å². The van der Waals surface area contributed by atoms with Gasteiger partial charge in [-0.1, -0.05) is 194 Å². The van der Waals surface area contributed by atoms with Crippen molar-refractivity contribution in [3.05, 3.63) is 285 Å². The first-order chi connectivity index (χ1) is 36.2. The number of hydrogen-bond donors (Lipinski definition) is 0. The van der Waals surface area contributed by atoms with Gasteiger partial charge < -0.3 is 14.0 Å². The standard InChI is InChI=1S/C70H47N3/c1-3-16-56(17-4-1)72-68-25-12-10-22-64(68)66-46-54(37-45-69(66)72)50-28-26-48(27-29-50)49-30-38-58(39-31-49)71(60-42-34-53(35-43-60)62-23-13-15-52-14-7-8-20-61(52)62)59-40-32-51(33-41-59)55-36-44-65-63-21-9-11-24-67(63)73(70(65)47-55)57-18-5-2-6-19-57/h1-47H. The SMILES string of the molecule is c1ccc(-n2c3ccccc3c3cc(-c4ccc(-c5ccc(N(c6ccc(-c7ccc8c9ccccc9n(-c9ccccc9)c8c7)cc6)c6ccc(-c7cccc8ccccc78)cc6)cc5)cc4)ccc32)cc1. The lowest BCUT2D eigenvalue weighted by Gasteiger charge is -2.26. The summed E-state index contributed by atoms with van der Waals surface area (Å²) in [5.74, 6) is 0. The van der Waals surface area contributed by atoms with Crippen molar-refractivity contribution in [3.63, 3.8) is 0 Å². The number of anilines is 3. The van der Waals surface area contributed by atoms with Gasteiger partial charge in [0, 0.05) is 50.0 Å². The van der Waals surface area contributed by atoms with E-state index in [-0.39, 0.29) is 0 Å². The summed E-state index contributed by atoms with van der Waals surface area (Å²) in [6, 6.07) is 104. The third-order valence-corrected chi connectivity index (χ3v) is 14.7. The van der Waals surface area contributed by atoms with Crippen LogP contribution in [0.15, 0.2) is 285 Å². The molecular formula is C70H47N3. The molecule has 2 heterocycles. The van der Waals surface area contributed by atoms with E-state index in [9.17, 15) is 0 Å². The number of nitrogens with zero attached hydrogens (tertiary/aromatic N) is 3. The van der Waals surface area contributed by atoms with Crippen LogP contribution in [-0.2, 0) is 0 Å². The average Bonchev–Trinajstić information content (AvgIpc) is 3.98. The Morgan fingerprint density at radius 1 is 0.219 bits per heavy atom. The first kappa shape index (κ1) is 42.2. The Labute approximate surface area is 424 Å². The molecule has 2 aromatic heterocycles. The lowest BCUT2D eigenvalue weighted by atomic mass is 9.97. The van der Waals surface area contributed by atoms with Crippen LogP contribution in [0.3, 0.4) is 0 Å². The molecule has 0 fully saturated rings. The molecule has 3 nitrogen and oxygen atoms in total. The first-order valence-corrected chi connectivity index (χ1v) is 25.1. The largest absolute Gasteiger partial charge is 0.311 e. The lowest BCUT2D eigenvalue weighted by Crippen LogP contribution is -2.09. The highest BCUT2D eigenvalue weighted by Crippen LogP contribution is 2.41. The molecule has 0 spiro atoms. The molecule has 0 radical (unpaired) electrons. The summed E-state index contributed by atoms with van der Waals surface area (Å²) in [5, 5.41) is 7.51. The molecule has 14 rings (SSSR count). The van der Waals surface area contributed by atoms with Crippen LogP contribution in [0.2, 0.25) is 0 Å². The highest BCUT2D eigenvalue weighted by molar-refractivity contribution is 6.11. The number of hydrogen-bond acceptors (Lipinski definition) is 1. The van der Waals surface area contributed by atoms with Crippen molar-refractivity contribution < 1.29 is 0 Å².